The quantitative estimate of drug-likeness (QED) is 0.491. The van der Waals surface area contributed by atoms with Crippen LogP contribution < -0.4 is 4.90 Å². The molecule has 4 rings (SSSR count). The third-order valence-electron chi connectivity index (χ3n) is 4.42. The second-order valence-electron chi connectivity index (χ2n) is 6.43. The van der Waals surface area contributed by atoms with Gasteiger partial charge in [-0.3, -0.25) is 0 Å². The van der Waals surface area contributed by atoms with Gasteiger partial charge in [0.2, 0.25) is 5.13 Å². The molecule has 1 atom stereocenters. The van der Waals surface area contributed by atoms with E-state index in [9.17, 15) is 9.59 Å². The van der Waals surface area contributed by atoms with Crippen molar-refractivity contribution < 1.29 is 14.3 Å². The Labute approximate surface area is 168 Å². The van der Waals surface area contributed by atoms with Crippen LogP contribution in [-0.2, 0) is 4.74 Å². The normalized spacial score (nSPS) is 20.4. The summed E-state index contributed by atoms with van der Waals surface area (Å²) in [6.07, 6.45) is 2.09. The molecule has 1 aromatic carbocycles. The summed E-state index contributed by atoms with van der Waals surface area (Å²) >= 11 is 3.59. The highest BCUT2D eigenvalue weighted by molar-refractivity contribution is 14.1. The summed E-state index contributed by atoms with van der Waals surface area (Å²) in [7, 11) is 1.73. The Morgan fingerprint density at radius 2 is 1.96 bits per heavy atom. The van der Waals surface area contributed by atoms with Crippen molar-refractivity contribution in [1.82, 2.24) is 15.1 Å². The predicted molar refractivity (Wildman–Crippen MR) is 105 cm³/mol. The summed E-state index contributed by atoms with van der Waals surface area (Å²) in [5.74, 6) is 0.0207. The van der Waals surface area contributed by atoms with Gasteiger partial charge >= 0.3 is 12.0 Å². The van der Waals surface area contributed by atoms with Crippen LogP contribution in [0.3, 0.4) is 0 Å². The molecule has 1 aromatic heterocycles. The maximum Gasteiger partial charge on any atom is 0.340 e. The van der Waals surface area contributed by atoms with Gasteiger partial charge in [-0.15, -0.1) is 10.2 Å². The van der Waals surface area contributed by atoms with E-state index in [0.29, 0.717) is 29.6 Å². The summed E-state index contributed by atoms with van der Waals surface area (Å²) in [4.78, 5) is 28.3. The van der Waals surface area contributed by atoms with Gasteiger partial charge in [-0.2, -0.15) is 0 Å². The van der Waals surface area contributed by atoms with Crippen molar-refractivity contribution >= 4 is 51.1 Å². The van der Waals surface area contributed by atoms with Gasteiger partial charge in [-0.1, -0.05) is 11.3 Å². The van der Waals surface area contributed by atoms with Gasteiger partial charge in [-0.25, -0.2) is 14.5 Å². The van der Waals surface area contributed by atoms with E-state index in [4.69, 9.17) is 4.74 Å². The number of aromatic nitrogens is 2. The number of urea groups is 1. The molecule has 0 spiro atoms. The first kappa shape index (κ1) is 17.7. The number of esters is 1. The second kappa shape index (κ2) is 7.10. The van der Waals surface area contributed by atoms with Crippen LogP contribution in [0.15, 0.2) is 24.3 Å². The fraction of sp³-hybridized carbons (Fsp3) is 0.412. The summed E-state index contributed by atoms with van der Waals surface area (Å²) in [6.45, 7) is 0.522. The van der Waals surface area contributed by atoms with Crippen molar-refractivity contribution in [2.45, 2.75) is 31.4 Å². The van der Waals surface area contributed by atoms with Crippen molar-refractivity contribution in [2.75, 3.05) is 18.5 Å². The summed E-state index contributed by atoms with van der Waals surface area (Å²) < 4.78 is 6.70. The smallest absolute Gasteiger partial charge is 0.340 e. The first-order valence-electron chi connectivity index (χ1n) is 8.37. The van der Waals surface area contributed by atoms with Crippen molar-refractivity contribution in [1.29, 1.82) is 0 Å². The van der Waals surface area contributed by atoms with E-state index >= 15 is 0 Å². The van der Waals surface area contributed by atoms with E-state index in [1.54, 1.807) is 24.1 Å². The van der Waals surface area contributed by atoms with Gasteiger partial charge in [0.05, 0.1) is 5.56 Å². The minimum atomic E-state index is -0.675. The molecule has 1 unspecified atom stereocenters. The maximum absolute atomic E-state index is 12.7. The minimum absolute atomic E-state index is 0.227. The molecule has 2 fully saturated rings. The molecule has 1 aliphatic heterocycles. The van der Waals surface area contributed by atoms with Crippen LogP contribution in [0.2, 0.25) is 0 Å². The fourth-order valence-electron chi connectivity index (χ4n) is 2.75. The molecule has 2 amide bonds. The van der Waals surface area contributed by atoms with Crippen LogP contribution in [-0.4, -0.2) is 46.9 Å². The van der Waals surface area contributed by atoms with Crippen LogP contribution >= 0.6 is 33.9 Å². The molecule has 7 nitrogen and oxygen atoms in total. The lowest BCUT2D eigenvalue weighted by Crippen LogP contribution is -2.54. The van der Waals surface area contributed by atoms with Crippen LogP contribution in [0.25, 0.3) is 0 Å². The summed E-state index contributed by atoms with van der Waals surface area (Å²) in [5, 5.41) is 9.83. The van der Waals surface area contributed by atoms with Crippen LogP contribution in [0.1, 0.15) is 40.5 Å². The SMILES string of the molecule is CN1CCC(OC(=O)c2ccc(I)cc2)N(c2nnc(C3CC3)s2)C1=O. The Morgan fingerprint density at radius 1 is 1.23 bits per heavy atom. The fourth-order valence-corrected chi connectivity index (χ4v) is 4.16. The lowest BCUT2D eigenvalue weighted by molar-refractivity contribution is 0.0229. The molecular weight excluding hydrogens is 467 g/mol. The molecular formula is C17H17IN4O3S. The molecule has 26 heavy (non-hydrogen) atoms. The molecule has 9 heteroatoms. The number of halogens is 1. The molecule has 0 bridgehead atoms. The summed E-state index contributed by atoms with van der Waals surface area (Å²) in [6, 6.07) is 6.92. The van der Waals surface area contributed by atoms with Gasteiger partial charge in [0.25, 0.3) is 0 Å². The zero-order valence-corrected chi connectivity index (χ0v) is 17.1. The predicted octanol–water partition coefficient (Wildman–Crippen LogP) is 3.47. The number of carbonyl (C=O) groups is 2. The van der Waals surface area contributed by atoms with Gasteiger partial charge in [0.15, 0.2) is 6.23 Å². The topological polar surface area (TPSA) is 75.6 Å². The van der Waals surface area contributed by atoms with E-state index in [-0.39, 0.29) is 6.03 Å². The zero-order valence-electron chi connectivity index (χ0n) is 14.1. The number of amides is 2. The Hall–Kier alpha value is -1.75. The highest BCUT2D eigenvalue weighted by atomic mass is 127. The lowest BCUT2D eigenvalue weighted by Gasteiger charge is -2.37. The van der Waals surface area contributed by atoms with Crippen molar-refractivity contribution in [3.05, 3.63) is 38.4 Å². The third kappa shape index (κ3) is 3.54. The molecule has 2 heterocycles. The number of hydrogen-bond acceptors (Lipinski definition) is 6. The maximum atomic E-state index is 12.7. The Morgan fingerprint density at radius 3 is 2.65 bits per heavy atom. The van der Waals surface area contributed by atoms with Gasteiger partial charge in [0, 0.05) is 29.5 Å². The van der Waals surface area contributed by atoms with E-state index in [1.807, 2.05) is 12.1 Å². The molecule has 2 aliphatic rings. The van der Waals surface area contributed by atoms with Gasteiger partial charge in [-0.05, 0) is 59.7 Å². The molecule has 2 aromatic rings. The van der Waals surface area contributed by atoms with E-state index in [2.05, 4.69) is 32.8 Å². The van der Waals surface area contributed by atoms with Crippen LogP contribution in [0.4, 0.5) is 9.93 Å². The van der Waals surface area contributed by atoms with E-state index < -0.39 is 12.2 Å². The van der Waals surface area contributed by atoms with Crippen molar-refractivity contribution in [3.63, 3.8) is 0 Å². The van der Waals surface area contributed by atoms with E-state index in [0.717, 1.165) is 21.4 Å². The number of nitrogens with zero attached hydrogens (tertiary/aromatic N) is 4. The lowest BCUT2D eigenvalue weighted by atomic mass is 10.2. The highest BCUT2D eigenvalue weighted by Crippen LogP contribution is 2.43. The number of carbonyl (C=O) groups excluding carboxylic acids is 2. The largest absolute Gasteiger partial charge is 0.437 e. The molecule has 1 saturated heterocycles. The molecule has 0 N–H and O–H groups in total. The van der Waals surface area contributed by atoms with Crippen LogP contribution in [0, 0.1) is 3.57 Å². The molecule has 0 radical (unpaired) electrons. The minimum Gasteiger partial charge on any atom is -0.437 e. The average Bonchev–Trinajstić information content (AvgIpc) is 3.37. The second-order valence-corrected chi connectivity index (χ2v) is 8.66. The number of hydrogen-bond donors (Lipinski definition) is 0. The van der Waals surface area contributed by atoms with Crippen LogP contribution in [0.5, 0.6) is 0 Å². The highest BCUT2D eigenvalue weighted by Gasteiger charge is 2.38. The summed E-state index contributed by atoms with van der Waals surface area (Å²) in [5.41, 5.74) is 0.465. The monoisotopic (exact) mass is 484 g/mol. The van der Waals surface area contributed by atoms with Crippen molar-refractivity contribution in [2.24, 2.45) is 0 Å². The van der Waals surface area contributed by atoms with E-state index in [1.165, 1.54) is 16.2 Å². The molecule has 1 aliphatic carbocycles. The number of ether oxygens (including phenoxy) is 1. The zero-order chi connectivity index (χ0) is 18.3. The molecule has 136 valence electrons. The Kier molecular flexibility index (Phi) is 4.82. The average molecular weight is 484 g/mol. The Bertz CT molecular complexity index is 837. The third-order valence-corrected chi connectivity index (χ3v) is 6.22. The standard InChI is InChI=1S/C17H17IN4O3S/c1-21-9-8-13(25-15(23)11-4-6-12(18)7-5-11)22(17(21)24)16-20-19-14(26-16)10-2-3-10/h4-7,10,13H,2-3,8-9H2,1H3. The first-order valence-corrected chi connectivity index (χ1v) is 10.3. The molecule has 1 saturated carbocycles. The van der Waals surface area contributed by atoms with Gasteiger partial charge in [0.1, 0.15) is 5.01 Å². The number of benzene rings is 1. The van der Waals surface area contributed by atoms with Gasteiger partial charge < -0.3 is 9.64 Å². The number of rotatable bonds is 4. The van der Waals surface area contributed by atoms with Crippen molar-refractivity contribution in [3.8, 4) is 0 Å². The Balaban J connectivity index is 1.56. The number of anilines is 1. The first-order chi connectivity index (χ1) is 12.5.